The highest BCUT2D eigenvalue weighted by Gasteiger charge is 2.34. The molecule has 1 N–H and O–H groups in total. The monoisotopic (exact) mass is 722 g/mol. The first-order valence-electron chi connectivity index (χ1n) is 16.3. The normalized spacial score (nSPS) is 16.4. The fourth-order valence-corrected chi connectivity index (χ4v) is 7.01. The van der Waals surface area contributed by atoms with Crippen LogP contribution >= 0.6 is 0 Å². The van der Waals surface area contributed by atoms with E-state index in [0.717, 1.165) is 71.5 Å². The van der Waals surface area contributed by atoms with Gasteiger partial charge < -0.3 is 26.7 Å². The Morgan fingerprint density at radius 2 is 1.76 bits per heavy atom. The molecular weight excluding hydrogens is 685 g/mol. The molecule has 1 amide bonds. The number of amides is 1. The summed E-state index contributed by atoms with van der Waals surface area (Å²) in [6.07, 6.45) is 0.0779. The van der Waals surface area contributed by atoms with Crippen molar-refractivity contribution in [2.75, 3.05) is 20.6 Å². The van der Waals surface area contributed by atoms with Crippen molar-refractivity contribution in [1.29, 1.82) is 0 Å². The molecule has 11 nitrogen and oxygen atoms in total. The molecule has 0 radical (unpaired) electrons. The topological polar surface area (TPSA) is 104 Å². The van der Waals surface area contributed by atoms with Gasteiger partial charge in [0.15, 0.2) is 5.69 Å². The van der Waals surface area contributed by atoms with Crippen molar-refractivity contribution in [3.8, 4) is 22.8 Å². The van der Waals surface area contributed by atoms with E-state index in [-0.39, 0.29) is 35.4 Å². The van der Waals surface area contributed by atoms with Gasteiger partial charge in [0.05, 0.1) is 56.0 Å². The van der Waals surface area contributed by atoms with Crippen LogP contribution in [0.2, 0.25) is 0 Å². The molecule has 1 fully saturated rings. The molecule has 0 atom stereocenters. The third-order valence-electron chi connectivity index (χ3n) is 9.22. The number of quaternary nitrogens is 1. The minimum Gasteiger partial charge on any atom is -1.00 e. The second-order valence-corrected chi connectivity index (χ2v) is 13.6. The molecule has 0 aliphatic heterocycles. The molecule has 0 bridgehead atoms. The van der Waals surface area contributed by atoms with Crippen molar-refractivity contribution in [2.24, 2.45) is 13.0 Å². The molecule has 5 aromatic rings. The Morgan fingerprint density at radius 1 is 1.06 bits per heavy atom. The van der Waals surface area contributed by atoms with E-state index in [2.05, 4.69) is 34.5 Å². The van der Waals surface area contributed by atoms with Crippen molar-refractivity contribution < 1.29 is 39.4 Å². The van der Waals surface area contributed by atoms with Crippen molar-refractivity contribution in [2.45, 2.75) is 51.4 Å². The smallest absolute Gasteiger partial charge is 0.416 e. The minimum absolute atomic E-state index is 0. The number of nitrogens with zero attached hydrogens (tertiary/aromatic N) is 7. The zero-order chi connectivity index (χ0) is 35.8. The van der Waals surface area contributed by atoms with Gasteiger partial charge in [-0.15, -0.1) is 0 Å². The van der Waals surface area contributed by atoms with Crippen LogP contribution in [-0.2, 0) is 19.8 Å². The molecule has 268 valence electrons. The number of nitrogens with one attached hydrogen (secondary N) is 1. The quantitative estimate of drug-likeness (QED) is 0.186. The lowest BCUT2D eigenvalue weighted by Crippen LogP contribution is -3.00. The maximum absolute atomic E-state index is 14.2. The summed E-state index contributed by atoms with van der Waals surface area (Å²) in [7, 11) is 5.85. The number of carbonyl (C=O) groups is 1. The van der Waals surface area contributed by atoms with E-state index in [4.69, 9.17) is 11.1 Å². The summed E-state index contributed by atoms with van der Waals surface area (Å²) in [6, 6.07) is 14.5. The summed E-state index contributed by atoms with van der Waals surface area (Å²) in [6.45, 7) is 10.8. The van der Waals surface area contributed by atoms with Gasteiger partial charge in [-0.05, 0) is 69.0 Å². The van der Waals surface area contributed by atoms with Gasteiger partial charge in [0.2, 0.25) is 0 Å². The number of carbonyl (C=O) groups excluding carboxylic acids is 1. The third kappa shape index (κ3) is 7.95. The van der Waals surface area contributed by atoms with E-state index in [1.807, 2.05) is 13.0 Å². The van der Waals surface area contributed by atoms with Crippen LogP contribution in [-0.4, -0.2) is 61.4 Å². The van der Waals surface area contributed by atoms with Crippen LogP contribution < -0.4 is 23.3 Å². The van der Waals surface area contributed by atoms with Gasteiger partial charge in [0, 0.05) is 25.1 Å². The molecule has 51 heavy (non-hydrogen) atoms. The number of rotatable bonds is 9. The highest BCUT2D eigenvalue weighted by Crippen LogP contribution is 2.32. The number of hydrogen-bond donors (Lipinski definition) is 1. The predicted octanol–water partition coefficient (Wildman–Crippen LogP) is 3.46. The summed E-state index contributed by atoms with van der Waals surface area (Å²) >= 11 is 0. The Morgan fingerprint density at radius 3 is 2.39 bits per heavy atom. The summed E-state index contributed by atoms with van der Waals surface area (Å²) in [5, 5.41) is 11.6. The highest BCUT2D eigenvalue weighted by atomic mass is 35.5. The van der Waals surface area contributed by atoms with Crippen LogP contribution in [0.1, 0.15) is 53.1 Å². The van der Waals surface area contributed by atoms with E-state index >= 15 is 0 Å². The van der Waals surface area contributed by atoms with Crippen LogP contribution in [0.5, 0.6) is 0 Å². The lowest BCUT2D eigenvalue weighted by molar-refractivity contribution is -0.907. The van der Waals surface area contributed by atoms with Gasteiger partial charge in [-0.1, -0.05) is 23.4 Å². The van der Waals surface area contributed by atoms with Gasteiger partial charge in [0.25, 0.3) is 11.5 Å². The van der Waals surface area contributed by atoms with E-state index in [1.54, 1.807) is 30.3 Å². The van der Waals surface area contributed by atoms with E-state index < -0.39 is 23.2 Å². The van der Waals surface area contributed by atoms with Crippen molar-refractivity contribution in [3.63, 3.8) is 0 Å². The van der Waals surface area contributed by atoms with Crippen LogP contribution in [0.4, 0.5) is 18.9 Å². The zero-order valence-electron chi connectivity index (χ0n) is 28.6. The van der Waals surface area contributed by atoms with Crippen LogP contribution in [0.15, 0.2) is 76.2 Å². The van der Waals surface area contributed by atoms with Crippen LogP contribution in [0.3, 0.4) is 0 Å². The minimum atomic E-state index is -4.63. The summed E-state index contributed by atoms with van der Waals surface area (Å²) < 4.78 is 51.1. The molecule has 0 spiro atoms. The Kier molecular flexibility index (Phi) is 10.6. The van der Waals surface area contributed by atoms with Crippen molar-refractivity contribution in [3.05, 3.63) is 111 Å². The van der Waals surface area contributed by atoms with Gasteiger partial charge in [-0.25, -0.2) is 14.2 Å². The third-order valence-corrected chi connectivity index (χ3v) is 9.22. The molecular formula is C36H38ClF3N8O3. The number of alkyl halides is 3. The van der Waals surface area contributed by atoms with E-state index in [1.165, 1.54) is 34.7 Å². The Bertz CT molecular complexity index is 2110. The van der Waals surface area contributed by atoms with E-state index in [9.17, 15) is 22.8 Å². The summed E-state index contributed by atoms with van der Waals surface area (Å²) in [5.74, 6) is 0.600. The number of aryl methyl sites for hydroxylation is 1. The average molecular weight is 723 g/mol. The summed E-state index contributed by atoms with van der Waals surface area (Å²) in [4.78, 5) is 31.7. The second-order valence-electron chi connectivity index (χ2n) is 13.6. The molecule has 15 heteroatoms. The molecule has 3 heterocycles. The van der Waals surface area contributed by atoms with Gasteiger partial charge in [0.1, 0.15) is 29.3 Å². The maximum atomic E-state index is 14.2. The lowest BCUT2D eigenvalue weighted by atomic mass is 9.85. The lowest BCUT2D eigenvalue weighted by Gasteiger charge is -2.36. The van der Waals surface area contributed by atoms with Gasteiger partial charge in [-0.3, -0.25) is 14.3 Å². The number of halogens is 4. The van der Waals surface area contributed by atoms with Gasteiger partial charge in [-0.2, -0.15) is 18.3 Å². The molecule has 3 aromatic heterocycles. The average Bonchev–Trinajstić information content (AvgIpc) is 3.78. The van der Waals surface area contributed by atoms with Crippen LogP contribution in [0, 0.1) is 19.4 Å². The predicted molar refractivity (Wildman–Crippen MR) is 180 cm³/mol. The highest BCUT2D eigenvalue weighted by molar-refractivity contribution is 6.00. The maximum Gasteiger partial charge on any atom is 0.416 e. The zero-order valence-corrected chi connectivity index (χ0v) is 29.4. The summed E-state index contributed by atoms with van der Waals surface area (Å²) in [5.41, 5.74) is 0.546. The van der Waals surface area contributed by atoms with Crippen molar-refractivity contribution in [1.82, 2.24) is 29.6 Å². The molecule has 2 aromatic carbocycles. The Balaban J connectivity index is 0.00000504. The Labute approximate surface area is 299 Å². The molecule has 1 aliphatic rings. The first kappa shape index (κ1) is 37.1. The number of benzene rings is 2. The molecule has 0 saturated heterocycles. The largest absolute Gasteiger partial charge is 1.00 e. The first-order valence-corrected chi connectivity index (χ1v) is 16.3. The Hall–Kier alpha value is -5.13. The number of aromatic nitrogens is 5. The van der Waals surface area contributed by atoms with Gasteiger partial charge >= 0.3 is 6.18 Å². The SMILES string of the molecule is [C-]#[N+]c1ccc(-n2nccc2-c2c(C(=O)NC3CCC(C[N+](C)(C)Cc4cc(C)on4)CC3)c(=O)n(-c3cccc(C(F)(F)F)c3)n2C)cc1.[Cl-]. The molecule has 1 saturated carbocycles. The number of hydrogen-bond acceptors (Lipinski definition) is 5. The first-order chi connectivity index (χ1) is 23.7. The van der Waals surface area contributed by atoms with Crippen molar-refractivity contribution >= 4 is 11.6 Å². The fraction of sp³-hybridized carbons (Fsp3) is 0.361. The molecule has 6 rings (SSSR count). The van der Waals surface area contributed by atoms with Crippen LogP contribution in [0.25, 0.3) is 27.6 Å². The molecule has 0 unspecified atom stereocenters. The second kappa shape index (κ2) is 14.6. The van der Waals surface area contributed by atoms with E-state index in [0.29, 0.717) is 23.0 Å². The standard InChI is InChI=1S/C36H37F3N8O3.ClH/c1-23-19-28(43-50-23)22-47(4,5)21-24-9-11-27(12-10-24)42-34(48)32-33(31-17-18-41-45(31)29-15-13-26(40-2)14-16-29)44(3)46(35(32)49)30-8-6-7-25(20-30)36(37,38)39;/h6-8,13-20,24,27H,9-12,21-22H2,1,3-5H3;1H. The fourth-order valence-electron chi connectivity index (χ4n) is 7.01. The molecule has 1 aliphatic carbocycles.